The number of nitrogen functional groups attached to an aromatic ring is 1. The molecule has 3 aromatic heterocycles. The Morgan fingerprint density at radius 3 is 2.64 bits per heavy atom. The molecule has 6 rings (SSSR count). The second kappa shape index (κ2) is 9.10. The maximum absolute atomic E-state index is 13.1. The number of nitrogens with two attached hydrogens (primary N) is 1. The number of piperidine rings is 1. The van der Waals surface area contributed by atoms with E-state index < -0.39 is 17.8 Å². The molecule has 2 aliphatic heterocycles. The first-order valence-electron chi connectivity index (χ1n) is 12.5. The first-order chi connectivity index (χ1) is 18.6. The zero-order chi connectivity index (χ0) is 27.5. The largest absolute Gasteiger partial charge is 0.433 e. The number of hydrogen-bond donors (Lipinski definition) is 2. The van der Waals surface area contributed by atoms with Gasteiger partial charge in [-0.15, -0.1) is 0 Å². The number of anilines is 2. The summed E-state index contributed by atoms with van der Waals surface area (Å²) in [6.07, 6.45) is 2.14. The average molecular weight is 539 g/mol. The fourth-order valence-electron chi connectivity index (χ4n) is 5.62. The molecule has 2 amide bonds. The van der Waals surface area contributed by atoms with Gasteiger partial charge in [0.05, 0.1) is 0 Å². The molecule has 2 aliphatic rings. The lowest BCUT2D eigenvalue weighted by Crippen LogP contribution is -2.41. The monoisotopic (exact) mass is 538 g/mol. The predicted molar refractivity (Wildman–Crippen MR) is 136 cm³/mol. The van der Waals surface area contributed by atoms with Crippen LogP contribution in [0, 0.1) is 0 Å². The Bertz CT molecular complexity index is 1590. The molecule has 2 atom stereocenters. The number of rotatable bonds is 4. The number of nitrogens with zero attached hydrogens (tertiary/aromatic N) is 6. The molecule has 5 heterocycles. The van der Waals surface area contributed by atoms with Crippen LogP contribution in [0.3, 0.4) is 0 Å². The Hall–Kier alpha value is -4.42. The van der Waals surface area contributed by atoms with Crippen LogP contribution in [-0.4, -0.2) is 53.5 Å². The van der Waals surface area contributed by atoms with Crippen molar-refractivity contribution in [1.82, 2.24) is 29.0 Å². The predicted octanol–water partition coefficient (Wildman–Crippen LogP) is 3.85. The van der Waals surface area contributed by atoms with Crippen molar-refractivity contribution in [2.24, 2.45) is 7.05 Å². The highest BCUT2D eigenvalue weighted by molar-refractivity contribution is 6.04. The minimum absolute atomic E-state index is 0.0383. The number of fused-ring (bicyclic) bond motifs is 2. The average Bonchev–Trinajstić information content (AvgIpc) is 3.59. The van der Waals surface area contributed by atoms with Gasteiger partial charge in [0.2, 0.25) is 5.91 Å². The number of amides is 2. The maximum Gasteiger partial charge on any atom is 0.433 e. The number of carbonyl (C=O) groups excluding carboxylic acids is 2. The summed E-state index contributed by atoms with van der Waals surface area (Å²) in [6, 6.07) is 7.61. The van der Waals surface area contributed by atoms with Gasteiger partial charge in [-0.1, -0.05) is 12.1 Å². The van der Waals surface area contributed by atoms with E-state index in [0.717, 1.165) is 38.2 Å². The number of benzene rings is 1. The van der Waals surface area contributed by atoms with E-state index in [0.29, 0.717) is 46.3 Å². The fraction of sp³-hybridized carbons (Fsp3) is 0.346. The van der Waals surface area contributed by atoms with E-state index >= 15 is 0 Å². The van der Waals surface area contributed by atoms with Crippen molar-refractivity contribution >= 4 is 29.0 Å². The molecule has 0 aliphatic carbocycles. The van der Waals surface area contributed by atoms with Gasteiger partial charge in [-0.3, -0.25) is 18.7 Å². The van der Waals surface area contributed by atoms with Crippen LogP contribution in [0.5, 0.6) is 0 Å². The summed E-state index contributed by atoms with van der Waals surface area (Å²) < 4.78 is 41.7. The summed E-state index contributed by atoms with van der Waals surface area (Å²) in [5.74, 6) is 0.516. The van der Waals surface area contributed by atoms with Crippen LogP contribution in [0.4, 0.5) is 24.8 Å². The van der Waals surface area contributed by atoms with Gasteiger partial charge in [0.15, 0.2) is 5.82 Å². The van der Waals surface area contributed by atoms with Gasteiger partial charge >= 0.3 is 6.18 Å². The number of nitrogens with one attached hydrogen (secondary N) is 1. The Morgan fingerprint density at radius 2 is 1.92 bits per heavy atom. The Morgan fingerprint density at radius 1 is 1.15 bits per heavy atom. The van der Waals surface area contributed by atoms with E-state index in [1.165, 1.54) is 0 Å². The molecule has 39 heavy (non-hydrogen) atoms. The molecule has 0 bridgehead atoms. The van der Waals surface area contributed by atoms with Crippen LogP contribution >= 0.6 is 0 Å². The third kappa shape index (κ3) is 4.37. The number of halogens is 3. The minimum atomic E-state index is -4.58. The molecule has 1 aromatic carbocycles. The van der Waals surface area contributed by atoms with E-state index in [1.54, 1.807) is 36.7 Å². The van der Waals surface area contributed by atoms with Crippen LogP contribution in [-0.2, 0) is 18.0 Å². The van der Waals surface area contributed by atoms with Gasteiger partial charge in [-0.25, -0.2) is 9.97 Å². The van der Waals surface area contributed by atoms with Gasteiger partial charge in [-0.2, -0.15) is 18.3 Å². The Labute approximate surface area is 220 Å². The van der Waals surface area contributed by atoms with Crippen molar-refractivity contribution in [1.29, 1.82) is 0 Å². The first kappa shape index (κ1) is 24.9. The minimum Gasteiger partial charge on any atom is -0.382 e. The van der Waals surface area contributed by atoms with Crippen molar-refractivity contribution in [2.75, 3.05) is 17.6 Å². The van der Waals surface area contributed by atoms with E-state index in [9.17, 15) is 22.8 Å². The molecule has 0 spiro atoms. The number of imidazole rings is 1. The number of aryl methyl sites for hydroxylation is 1. The summed E-state index contributed by atoms with van der Waals surface area (Å²) in [5, 5.41) is 6.14. The molecule has 4 aromatic rings. The smallest absolute Gasteiger partial charge is 0.382 e. The number of aromatic nitrogens is 5. The van der Waals surface area contributed by atoms with E-state index in [1.807, 2.05) is 9.30 Å². The number of carbonyl (C=O) groups is 2. The maximum atomic E-state index is 13.1. The van der Waals surface area contributed by atoms with Crippen molar-refractivity contribution in [3.63, 3.8) is 0 Å². The van der Waals surface area contributed by atoms with Gasteiger partial charge in [0, 0.05) is 61.6 Å². The first-order valence-corrected chi connectivity index (χ1v) is 12.5. The Balaban J connectivity index is 1.28. The van der Waals surface area contributed by atoms with Crippen LogP contribution in [0.1, 0.15) is 53.5 Å². The molecule has 0 radical (unpaired) electrons. The molecule has 0 saturated carbocycles. The molecule has 2 unspecified atom stereocenters. The van der Waals surface area contributed by atoms with E-state index in [4.69, 9.17) is 10.7 Å². The van der Waals surface area contributed by atoms with Crippen molar-refractivity contribution in [3.05, 3.63) is 59.8 Å². The summed E-state index contributed by atoms with van der Waals surface area (Å²) in [7, 11) is 1.16. The second-order valence-corrected chi connectivity index (χ2v) is 9.93. The third-order valence-corrected chi connectivity index (χ3v) is 7.53. The lowest BCUT2D eigenvalue weighted by Gasteiger charge is -2.34. The second-order valence-electron chi connectivity index (χ2n) is 9.93. The normalized spacial score (nSPS) is 19.5. The van der Waals surface area contributed by atoms with Gasteiger partial charge in [0.25, 0.3) is 5.91 Å². The SMILES string of the molecule is Cn1nc(NC(=O)c2ccc(-c3nc(C4CCC5CCC(=O)N5C4)n4ccnc(N)c34)cc2)cc1C(F)(F)F. The van der Waals surface area contributed by atoms with E-state index in [2.05, 4.69) is 15.4 Å². The van der Waals surface area contributed by atoms with Crippen LogP contribution < -0.4 is 11.1 Å². The number of alkyl halides is 3. The van der Waals surface area contributed by atoms with Crippen molar-refractivity contribution in [3.8, 4) is 11.3 Å². The lowest BCUT2D eigenvalue weighted by atomic mass is 9.92. The molecule has 3 N–H and O–H groups in total. The van der Waals surface area contributed by atoms with Gasteiger partial charge in [-0.05, 0) is 31.4 Å². The van der Waals surface area contributed by atoms with Crippen LogP contribution in [0.2, 0.25) is 0 Å². The molecular weight excluding hydrogens is 513 g/mol. The van der Waals surface area contributed by atoms with Crippen LogP contribution in [0.25, 0.3) is 16.8 Å². The number of hydrogen-bond acceptors (Lipinski definition) is 6. The lowest BCUT2D eigenvalue weighted by molar-refractivity contribution is -0.143. The summed E-state index contributed by atoms with van der Waals surface area (Å²) >= 11 is 0. The summed E-state index contributed by atoms with van der Waals surface area (Å²) in [4.78, 5) is 36.2. The highest BCUT2D eigenvalue weighted by Gasteiger charge is 2.38. The molecule has 2 fully saturated rings. The Kier molecular flexibility index (Phi) is 5.81. The molecule has 202 valence electrons. The van der Waals surface area contributed by atoms with E-state index in [-0.39, 0.29) is 23.2 Å². The quantitative estimate of drug-likeness (QED) is 0.407. The zero-order valence-electron chi connectivity index (χ0n) is 20.9. The van der Waals surface area contributed by atoms with Crippen molar-refractivity contribution in [2.45, 2.75) is 43.8 Å². The molecule has 10 nitrogen and oxygen atoms in total. The van der Waals surface area contributed by atoms with Crippen molar-refractivity contribution < 1.29 is 22.8 Å². The molecular formula is C26H25F3N8O2. The summed E-state index contributed by atoms with van der Waals surface area (Å²) in [5.41, 5.74) is 7.45. The third-order valence-electron chi connectivity index (χ3n) is 7.53. The summed E-state index contributed by atoms with van der Waals surface area (Å²) in [6.45, 7) is 0.604. The zero-order valence-corrected chi connectivity index (χ0v) is 20.9. The topological polar surface area (TPSA) is 123 Å². The highest BCUT2D eigenvalue weighted by atomic mass is 19.4. The van der Waals surface area contributed by atoms with Gasteiger partial charge in [0.1, 0.15) is 28.5 Å². The standard InChI is InChI=1S/C26H25F3N8O2/c1-35-18(26(27,28)29)12-19(34-35)32-25(39)15-4-2-14(3-5-15)21-22-23(30)31-10-11-36(22)24(33-21)16-6-7-17-8-9-20(38)37(17)13-16/h2-5,10-12,16-17H,6-9,13H2,1H3,(H2,30,31)(H,32,34,39). The highest BCUT2D eigenvalue weighted by Crippen LogP contribution is 2.38. The van der Waals surface area contributed by atoms with Gasteiger partial charge < -0.3 is 16.0 Å². The molecule has 13 heteroatoms. The van der Waals surface area contributed by atoms with Crippen LogP contribution in [0.15, 0.2) is 42.7 Å². The molecule has 2 saturated heterocycles. The fourth-order valence-corrected chi connectivity index (χ4v) is 5.62.